The molecular formula is C17H26ClNS. The maximum atomic E-state index is 6.05. The predicted octanol–water partition coefficient (Wildman–Crippen LogP) is 5.24. The van der Waals surface area contributed by atoms with Crippen LogP contribution in [-0.2, 0) is 0 Å². The van der Waals surface area contributed by atoms with E-state index in [1.54, 1.807) is 0 Å². The van der Waals surface area contributed by atoms with Gasteiger partial charge < -0.3 is 5.32 Å². The van der Waals surface area contributed by atoms with E-state index in [-0.39, 0.29) is 0 Å². The highest BCUT2D eigenvalue weighted by Crippen LogP contribution is 2.34. The second-order valence-corrected chi connectivity index (χ2v) is 7.38. The fourth-order valence-electron chi connectivity index (χ4n) is 3.20. The standard InChI is InChI=1S/C17H26ClNS/c1-3-13-7-9-14(10-8-13)17(19-2)12-20-16-6-4-5-15(18)11-16/h4-6,11,13-14,17,19H,3,7-10,12H2,1-2H3. The lowest BCUT2D eigenvalue weighted by Gasteiger charge is -2.33. The lowest BCUT2D eigenvalue weighted by Crippen LogP contribution is -2.37. The molecule has 0 saturated heterocycles. The maximum Gasteiger partial charge on any atom is 0.0417 e. The van der Waals surface area contributed by atoms with Crippen LogP contribution in [0.3, 0.4) is 0 Å². The van der Waals surface area contributed by atoms with Gasteiger partial charge in [-0.15, -0.1) is 11.8 Å². The van der Waals surface area contributed by atoms with Gasteiger partial charge in [-0.25, -0.2) is 0 Å². The first kappa shape index (κ1) is 16.2. The van der Waals surface area contributed by atoms with Gasteiger partial charge in [0.25, 0.3) is 0 Å². The molecule has 0 bridgehead atoms. The van der Waals surface area contributed by atoms with Crippen molar-refractivity contribution in [2.24, 2.45) is 11.8 Å². The average Bonchev–Trinajstić information content (AvgIpc) is 2.48. The second-order valence-electron chi connectivity index (χ2n) is 5.85. The van der Waals surface area contributed by atoms with Gasteiger partial charge in [0, 0.05) is 21.7 Å². The summed E-state index contributed by atoms with van der Waals surface area (Å²) in [6.07, 6.45) is 6.97. The third-order valence-electron chi connectivity index (χ3n) is 4.63. The summed E-state index contributed by atoms with van der Waals surface area (Å²) in [5.74, 6) is 2.96. The Morgan fingerprint density at radius 1 is 1.30 bits per heavy atom. The van der Waals surface area contributed by atoms with Crippen LogP contribution in [0, 0.1) is 11.8 Å². The minimum absolute atomic E-state index is 0.622. The molecule has 0 aromatic heterocycles. The monoisotopic (exact) mass is 311 g/mol. The van der Waals surface area contributed by atoms with Gasteiger partial charge in [-0.3, -0.25) is 0 Å². The smallest absolute Gasteiger partial charge is 0.0417 e. The van der Waals surface area contributed by atoms with Crippen LogP contribution in [0.4, 0.5) is 0 Å². The van der Waals surface area contributed by atoms with Gasteiger partial charge in [-0.05, 0) is 49.9 Å². The van der Waals surface area contributed by atoms with Crippen LogP contribution in [0.15, 0.2) is 29.2 Å². The van der Waals surface area contributed by atoms with Gasteiger partial charge in [0.2, 0.25) is 0 Å². The first-order chi connectivity index (χ1) is 9.72. The number of rotatable bonds is 6. The van der Waals surface area contributed by atoms with E-state index >= 15 is 0 Å². The summed E-state index contributed by atoms with van der Waals surface area (Å²) in [6.45, 7) is 2.33. The van der Waals surface area contributed by atoms with Crippen LogP contribution >= 0.6 is 23.4 Å². The number of hydrogen-bond acceptors (Lipinski definition) is 2. The Hall–Kier alpha value is -0.180. The highest BCUT2D eigenvalue weighted by atomic mass is 35.5. The van der Waals surface area contributed by atoms with Gasteiger partial charge >= 0.3 is 0 Å². The van der Waals surface area contributed by atoms with Crippen LogP contribution in [-0.4, -0.2) is 18.8 Å². The first-order valence-corrected chi connectivity index (χ1v) is 9.15. The van der Waals surface area contributed by atoms with Crippen LogP contribution in [0.2, 0.25) is 5.02 Å². The van der Waals surface area contributed by atoms with Crippen molar-refractivity contribution < 1.29 is 0 Å². The lowest BCUT2D eigenvalue weighted by atomic mass is 9.78. The van der Waals surface area contributed by atoms with Gasteiger partial charge in [0.05, 0.1) is 0 Å². The highest BCUT2D eigenvalue weighted by Gasteiger charge is 2.26. The Bertz CT molecular complexity index is 402. The first-order valence-electron chi connectivity index (χ1n) is 7.78. The topological polar surface area (TPSA) is 12.0 Å². The molecule has 1 aliphatic rings. The molecular weight excluding hydrogens is 286 g/mol. The zero-order valence-corrected chi connectivity index (χ0v) is 14.1. The van der Waals surface area contributed by atoms with Crippen molar-refractivity contribution in [2.45, 2.75) is 50.0 Å². The molecule has 1 N–H and O–H groups in total. The molecule has 1 saturated carbocycles. The van der Waals surface area contributed by atoms with Crippen molar-refractivity contribution in [3.05, 3.63) is 29.3 Å². The summed E-state index contributed by atoms with van der Waals surface area (Å²) in [4.78, 5) is 1.28. The molecule has 0 aliphatic heterocycles. The summed E-state index contributed by atoms with van der Waals surface area (Å²) in [7, 11) is 2.11. The van der Waals surface area contributed by atoms with E-state index in [9.17, 15) is 0 Å². The molecule has 2 rings (SSSR count). The number of benzene rings is 1. The van der Waals surface area contributed by atoms with E-state index in [2.05, 4.69) is 31.4 Å². The van der Waals surface area contributed by atoms with Gasteiger partial charge in [-0.1, -0.05) is 43.9 Å². The van der Waals surface area contributed by atoms with Crippen molar-refractivity contribution in [1.82, 2.24) is 5.32 Å². The van der Waals surface area contributed by atoms with Crippen molar-refractivity contribution >= 4 is 23.4 Å². The Morgan fingerprint density at radius 2 is 2.05 bits per heavy atom. The summed E-state index contributed by atoms with van der Waals surface area (Å²) < 4.78 is 0. The van der Waals surface area contributed by atoms with E-state index in [0.29, 0.717) is 6.04 Å². The normalized spacial score (nSPS) is 24.6. The second kappa shape index (κ2) is 8.31. The molecule has 112 valence electrons. The molecule has 0 radical (unpaired) electrons. The van der Waals surface area contributed by atoms with Gasteiger partial charge in [0.15, 0.2) is 0 Å². The molecule has 0 heterocycles. The van der Waals surface area contributed by atoms with E-state index in [1.165, 1.54) is 37.0 Å². The quantitative estimate of drug-likeness (QED) is 0.721. The summed E-state index contributed by atoms with van der Waals surface area (Å²) in [6, 6.07) is 8.81. The fourth-order valence-corrected chi connectivity index (χ4v) is 4.65. The predicted molar refractivity (Wildman–Crippen MR) is 90.8 cm³/mol. The Kier molecular flexibility index (Phi) is 6.73. The van der Waals surface area contributed by atoms with Crippen molar-refractivity contribution in [2.75, 3.05) is 12.8 Å². The zero-order chi connectivity index (χ0) is 14.4. The van der Waals surface area contributed by atoms with Crippen LogP contribution in [0.25, 0.3) is 0 Å². The van der Waals surface area contributed by atoms with Gasteiger partial charge in [-0.2, -0.15) is 0 Å². The van der Waals surface area contributed by atoms with Crippen LogP contribution < -0.4 is 5.32 Å². The van der Waals surface area contributed by atoms with Crippen molar-refractivity contribution in [3.63, 3.8) is 0 Å². The average molecular weight is 312 g/mol. The summed E-state index contributed by atoms with van der Waals surface area (Å²) >= 11 is 7.97. The molecule has 1 fully saturated rings. The van der Waals surface area contributed by atoms with E-state index in [1.807, 2.05) is 23.9 Å². The van der Waals surface area contributed by atoms with Crippen LogP contribution in [0.1, 0.15) is 39.0 Å². The van der Waals surface area contributed by atoms with E-state index in [0.717, 1.165) is 22.6 Å². The fraction of sp³-hybridized carbons (Fsp3) is 0.647. The highest BCUT2D eigenvalue weighted by molar-refractivity contribution is 7.99. The number of halogens is 1. The number of nitrogens with one attached hydrogen (secondary N) is 1. The van der Waals surface area contributed by atoms with Crippen molar-refractivity contribution in [1.29, 1.82) is 0 Å². The molecule has 1 aromatic carbocycles. The third-order valence-corrected chi connectivity index (χ3v) is 5.98. The minimum atomic E-state index is 0.622. The molecule has 3 heteroatoms. The molecule has 1 nitrogen and oxygen atoms in total. The Balaban J connectivity index is 1.83. The molecule has 1 aromatic rings. The molecule has 1 atom stereocenters. The zero-order valence-electron chi connectivity index (χ0n) is 12.6. The van der Waals surface area contributed by atoms with E-state index in [4.69, 9.17) is 11.6 Å². The maximum absolute atomic E-state index is 6.05. The summed E-state index contributed by atoms with van der Waals surface area (Å²) in [5.41, 5.74) is 0. The van der Waals surface area contributed by atoms with Crippen molar-refractivity contribution in [3.8, 4) is 0 Å². The molecule has 0 spiro atoms. The van der Waals surface area contributed by atoms with E-state index < -0.39 is 0 Å². The summed E-state index contributed by atoms with van der Waals surface area (Å²) in [5, 5.41) is 4.37. The molecule has 1 unspecified atom stereocenters. The third kappa shape index (κ3) is 4.68. The largest absolute Gasteiger partial charge is 0.316 e. The number of thioether (sulfide) groups is 1. The minimum Gasteiger partial charge on any atom is -0.316 e. The molecule has 20 heavy (non-hydrogen) atoms. The SMILES string of the molecule is CCC1CCC(C(CSc2cccc(Cl)c2)NC)CC1. The lowest BCUT2D eigenvalue weighted by molar-refractivity contribution is 0.233. The molecule has 0 amide bonds. The Labute approximate surface area is 132 Å². The van der Waals surface area contributed by atoms with Gasteiger partial charge in [0.1, 0.15) is 0 Å². The Morgan fingerprint density at radius 3 is 2.65 bits per heavy atom. The molecule has 1 aliphatic carbocycles. The van der Waals surface area contributed by atoms with Crippen LogP contribution in [0.5, 0.6) is 0 Å². The number of hydrogen-bond donors (Lipinski definition) is 1.